The molecule has 0 aromatic heterocycles. The Balaban J connectivity index is 0. The standard InChI is InChI=1S/C5H8O2.Na/c1-3-4-7-5(2)6;/h3H,1,4H2,2H3;/q;+1. The molecule has 0 radical (unpaired) electrons. The van der Waals surface area contributed by atoms with Crippen molar-refractivity contribution in [3.05, 3.63) is 12.7 Å². The Bertz CT molecular complexity index is 80.5. The Hall–Kier alpha value is 0.210. The van der Waals surface area contributed by atoms with E-state index in [2.05, 4.69) is 11.3 Å². The minimum absolute atomic E-state index is 0. The number of hydrogen-bond acceptors (Lipinski definition) is 2. The predicted octanol–water partition coefficient (Wildman–Crippen LogP) is -2.26. The molecule has 0 aliphatic heterocycles. The second-order valence-electron chi connectivity index (χ2n) is 1.09. The Morgan fingerprint density at radius 3 is 2.50 bits per heavy atom. The van der Waals surface area contributed by atoms with Crippen LogP contribution in [0.2, 0.25) is 0 Å². The summed E-state index contributed by atoms with van der Waals surface area (Å²) >= 11 is 0. The summed E-state index contributed by atoms with van der Waals surface area (Å²) in [6.07, 6.45) is 1.53. The fourth-order valence-electron chi connectivity index (χ4n) is 0.176. The van der Waals surface area contributed by atoms with E-state index in [0.29, 0.717) is 6.61 Å². The van der Waals surface area contributed by atoms with Crippen LogP contribution in [0.4, 0.5) is 0 Å². The zero-order chi connectivity index (χ0) is 5.70. The molecule has 0 saturated heterocycles. The summed E-state index contributed by atoms with van der Waals surface area (Å²) in [4.78, 5) is 9.93. The fraction of sp³-hybridized carbons (Fsp3) is 0.400. The van der Waals surface area contributed by atoms with Crippen molar-refractivity contribution in [3.8, 4) is 0 Å². The normalized spacial score (nSPS) is 6.62. The molecule has 0 amide bonds. The average molecular weight is 123 g/mol. The van der Waals surface area contributed by atoms with Crippen LogP contribution >= 0.6 is 0 Å². The molecule has 0 aromatic carbocycles. The van der Waals surface area contributed by atoms with Crippen LogP contribution in [0.3, 0.4) is 0 Å². The largest absolute Gasteiger partial charge is 1.00 e. The van der Waals surface area contributed by atoms with Crippen molar-refractivity contribution in [1.29, 1.82) is 0 Å². The molecule has 0 saturated carbocycles. The van der Waals surface area contributed by atoms with Crippen molar-refractivity contribution >= 4 is 5.97 Å². The third-order valence-electron chi connectivity index (χ3n) is 0.404. The van der Waals surface area contributed by atoms with E-state index in [4.69, 9.17) is 0 Å². The molecular formula is C5H8NaO2+. The van der Waals surface area contributed by atoms with E-state index in [1.165, 1.54) is 13.0 Å². The topological polar surface area (TPSA) is 26.3 Å². The number of ether oxygens (including phenoxy) is 1. The first-order valence-electron chi connectivity index (χ1n) is 2.01. The molecule has 0 N–H and O–H groups in total. The summed E-state index contributed by atoms with van der Waals surface area (Å²) in [5.74, 6) is -0.264. The zero-order valence-electron chi connectivity index (χ0n) is 5.31. The van der Waals surface area contributed by atoms with Gasteiger partial charge >= 0.3 is 35.5 Å². The van der Waals surface area contributed by atoms with E-state index in [1.54, 1.807) is 0 Å². The number of esters is 1. The minimum Gasteiger partial charge on any atom is -0.462 e. The van der Waals surface area contributed by atoms with Gasteiger partial charge < -0.3 is 4.74 Å². The summed E-state index contributed by atoms with van der Waals surface area (Å²) in [5.41, 5.74) is 0. The molecule has 0 spiro atoms. The Morgan fingerprint density at radius 1 is 1.88 bits per heavy atom. The molecule has 40 valence electrons. The van der Waals surface area contributed by atoms with E-state index in [9.17, 15) is 4.79 Å². The molecule has 0 aliphatic rings. The van der Waals surface area contributed by atoms with Crippen LogP contribution in [-0.2, 0) is 9.53 Å². The first-order chi connectivity index (χ1) is 3.27. The minimum atomic E-state index is -0.264. The maximum atomic E-state index is 9.93. The van der Waals surface area contributed by atoms with Gasteiger partial charge in [-0.3, -0.25) is 4.79 Å². The van der Waals surface area contributed by atoms with Gasteiger partial charge in [-0.1, -0.05) is 12.7 Å². The van der Waals surface area contributed by atoms with Crippen LogP contribution in [0.15, 0.2) is 12.7 Å². The summed E-state index contributed by atoms with van der Waals surface area (Å²) in [6.45, 7) is 5.03. The van der Waals surface area contributed by atoms with Crippen LogP contribution in [0, 0.1) is 0 Å². The van der Waals surface area contributed by atoms with Crippen molar-refractivity contribution in [2.24, 2.45) is 0 Å². The second kappa shape index (κ2) is 7.21. The van der Waals surface area contributed by atoms with Crippen LogP contribution < -0.4 is 29.6 Å². The molecule has 0 heterocycles. The van der Waals surface area contributed by atoms with Gasteiger partial charge in [-0.05, 0) is 0 Å². The molecule has 0 rings (SSSR count). The van der Waals surface area contributed by atoms with E-state index in [1.807, 2.05) is 0 Å². The molecule has 3 heteroatoms. The molecule has 8 heavy (non-hydrogen) atoms. The molecule has 2 nitrogen and oxygen atoms in total. The maximum Gasteiger partial charge on any atom is 1.00 e. The SMILES string of the molecule is C=CCOC(C)=O.[Na+]. The third kappa shape index (κ3) is 9.51. The summed E-state index contributed by atoms with van der Waals surface area (Å²) in [6, 6.07) is 0. The van der Waals surface area contributed by atoms with Crippen molar-refractivity contribution in [3.63, 3.8) is 0 Å². The number of carbonyl (C=O) groups is 1. The average Bonchev–Trinajstić information content (AvgIpc) is 1.61. The van der Waals surface area contributed by atoms with E-state index in [0.717, 1.165) is 0 Å². The Labute approximate surface area is 71.2 Å². The van der Waals surface area contributed by atoms with Gasteiger partial charge in [0.2, 0.25) is 0 Å². The van der Waals surface area contributed by atoms with Gasteiger partial charge in [0.1, 0.15) is 6.61 Å². The molecule has 0 fully saturated rings. The number of rotatable bonds is 2. The molecule has 0 bridgehead atoms. The summed E-state index contributed by atoms with van der Waals surface area (Å²) < 4.78 is 4.43. The predicted molar refractivity (Wildman–Crippen MR) is 26.8 cm³/mol. The van der Waals surface area contributed by atoms with Crippen molar-refractivity contribution in [1.82, 2.24) is 0 Å². The summed E-state index contributed by atoms with van der Waals surface area (Å²) in [5, 5.41) is 0. The van der Waals surface area contributed by atoms with Crippen LogP contribution in [0.5, 0.6) is 0 Å². The zero-order valence-corrected chi connectivity index (χ0v) is 7.31. The van der Waals surface area contributed by atoms with Crippen molar-refractivity contribution in [2.75, 3.05) is 6.61 Å². The van der Waals surface area contributed by atoms with Crippen molar-refractivity contribution in [2.45, 2.75) is 6.92 Å². The second-order valence-corrected chi connectivity index (χ2v) is 1.09. The first-order valence-corrected chi connectivity index (χ1v) is 2.01. The maximum absolute atomic E-state index is 9.93. The van der Waals surface area contributed by atoms with Gasteiger partial charge in [-0.25, -0.2) is 0 Å². The van der Waals surface area contributed by atoms with Crippen LogP contribution in [0.1, 0.15) is 6.92 Å². The Morgan fingerprint density at radius 2 is 2.38 bits per heavy atom. The monoisotopic (exact) mass is 123 g/mol. The molecule has 0 unspecified atom stereocenters. The van der Waals surface area contributed by atoms with Gasteiger partial charge in [0.15, 0.2) is 0 Å². The van der Waals surface area contributed by atoms with Crippen LogP contribution in [-0.4, -0.2) is 12.6 Å². The van der Waals surface area contributed by atoms with E-state index < -0.39 is 0 Å². The number of hydrogen-bond donors (Lipinski definition) is 0. The van der Waals surface area contributed by atoms with Crippen LogP contribution in [0.25, 0.3) is 0 Å². The quantitative estimate of drug-likeness (QED) is 0.235. The van der Waals surface area contributed by atoms with Gasteiger partial charge in [0.05, 0.1) is 0 Å². The van der Waals surface area contributed by atoms with E-state index in [-0.39, 0.29) is 35.5 Å². The van der Waals surface area contributed by atoms with Gasteiger partial charge in [-0.15, -0.1) is 0 Å². The molecule has 0 atom stereocenters. The first kappa shape index (κ1) is 11.1. The van der Waals surface area contributed by atoms with Crippen molar-refractivity contribution < 1.29 is 39.1 Å². The summed E-state index contributed by atoms with van der Waals surface area (Å²) in [7, 11) is 0. The fourth-order valence-corrected chi connectivity index (χ4v) is 0.176. The smallest absolute Gasteiger partial charge is 0.462 e. The third-order valence-corrected chi connectivity index (χ3v) is 0.404. The number of carbonyl (C=O) groups excluding carboxylic acids is 1. The molecule has 0 aliphatic carbocycles. The Kier molecular flexibility index (Phi) is 9.97. The van der Waals surface area contributed by atoms with Gasteiger partial charge in [0.25, 0.3) is 0 Å². The van der Waals surface area contributed by atoms with E-state index >= 15 is 0 Å². The molecular weight excluding hydrogens is 115 g/mol. The van der Waals surface area contributed by atoms with Gasteiger partial charge in [0, 0.05) is 6.92 Å². The van der Waals surface area contributed by atoms with Gasteiger partial charge in [-0.2, -0.15) is 0 Å². The molecule has 0 aromatic rings.